The maximum absolute atomic E-state index is 12.7. The van der Waals surface area contributed by atoms with Crippen LogP contribution in [-0.2, 0) is 19.3 Å². The van der Waals surface area contributed by atoms with E-state index in [1.54, 1.807) is 0 Å². The van der Waals surface area contributed by atoms with Crippen LogP contribution in [0.2, 0.25) is 0 Å². The molecule has 0 amide bonds. The van der Waals surface area contributed by atoms with E-state index < -0.39 is 11.0 Å². The summed E-state index contributed by atoms with van der Waals surface area (Å²) in [5.41, 5.74) is -0.744. The van der Waals surface area contributed by atoms with Crippen LogP contribution in [0.15, 0.2) is 0 Å². The zero-order valence-corrected chi connectivity index (χ0v) is 15.1. The summed E-state index contributed by atoms with van der Waals surface area (Å²) in [5.74, 6) is -0.241. The highest BCUT2D eigenvalue weighted by atomic mass is 17.4. The summed E-state index contributed by atoms with van der Waals surface area (Å²) in [7, 11) is 0. The van der Waals surface area contributed by atoms with Gasteiger partial charge < -0.3 is 4.74 Å². The Labute approximate surface area is 129 Å². The van der Waals surface area contributed by atoms with E-state index in [1.165, 1.54) is 0 Å². The third-order valence-electron chi connectivity index (χ3n) is 3.77. The quantitative estimate of drug-likeness (QED) is 0.431. The van der Waals surface area contributed by atoms with Gasteiger partial charge in [0.1, 0.15) is 5.60 Å². The third kappa shape index (κ3) is 5.59. The first-order valence-corrected chi connectivity index (χ1v) is 7.79. The lowest BCUT2D eigenvalue weighted by atomic mass is 9.68. The third-order valence-corrected chi connectivity index (χ3v) is 3.77. The maximum Gasteiger partial charge on any atom is 0.310 e. The summed E-state index contributed by atoms with van der Waals surface area (Å²) >= 11 is 0. The molecule has 1 heterocycles. The molecule has 2 atom stereocenters. The number of ether oxygens (including phenoxy) is 1. The lowest BCUT2D eigenvalue weighted by Gasteiger charge is -2.38. The Hall–Kier alpha value is -0.610. The Balaban J connectivity index is 2.97. The Kier molecular flexibility index (Phi) is 5.16. The van der Waals surface area contributed by atoms with Gasteiger partial charge in [0.2, 0.25) is 6.29 Å². The second-order valence-electron chi connectivity index (χ2n) is 9.10. The largest absolute Gasteiger partial charge is 0.460 e. The fourth-order valence-corrected chi connectivity index (χ4v) is 3.14. The van der Waals surface area contributed by atoms with Crippen molar-refractivity contribution < 1.29 is 19.3 Å². The van der Waals surface area contributed by atoms with Crippen LogP contribution in [0.3, 0.4) is 0 Å². The Morgan fingerprint density at radius 2 is 1.52 bits per heavy atom. The number of hydrogen-bond acceptors (Lipinski definition) is 4. The first kappa shape index (κ1) is 18.4. The molecule has 1 aliphatic rings. The van der Waals surface area contributed by atoms with Crippen LogP contribution in [-0.4, -0.2) is 17.9 Å². The number of esters is 1. The van der Waals surface area contributed by atoms with E-state index in [1.807, 2.05) is 34.6 Å². The van der Waals surface area contributed by atoms with Crippen LogP contribution in [0.5, 0.6) is 0 Å². The molecule has 1 aliphatic heterocycles. The van der Waals surface area contributed by atoms with E-state index in [0.717, 1.165) is 6.42 Å². The van der Waals surface area contributed by atoms with Gasteiger partial charge >= 0.3 is 5.97 Å². The molecule has 124 valence electrons. The monoisotopic (exact) mass is 300 g/mol. The van der Waals surface area contributed by atoms with Crippen LogP contribution in [0.1, 0.15) is 68.7 Å². The maximum atomic E-state index is 12.7. The molecule has 0 radical (unpaired) electrons. The summed E-state index contributed by atoms with van der Waals surface area (Å²) in [6.07, 6.45) is 0.616. The summed E-state index contributed by atoms with van der Waals surface area (Å²) in [6.45, 7) is 18.4. The summed E-state index contributed by atoms with van der Waals surface area (Å²) in [4.78, 5) is 22.7. The van der Waals surface area contributed by atoms with Crippen LogP contribution in [0, 0.1) is 22.7 Å². The Morgan fingerprint density at radius 3 is 1.86 bits per heavy atom. The van der Waals surface area contributed by atoms with Crippen LogP contribution in [0.25, 0.3) is 0 Å². The molecule has 0 bridgehead atoms. The summed E-state index contributed by atoms with van der Waals surface area (Å²) < 4.78 is 5.65. The van der Waals surface area contributed by atoms with Crippen molar-refractivity contribution in [2.24, 2.45) is 22.7 Å². The fraction of sp³-hybridized carbons (Fsp3) is 0.941. The standard InChI is InChI=1S/C17H32O4/c1-11(10-15(2,3)4)12(13(18)19-16(5,6)7)17(8,9)14-20-21-14/h11-12,14H,10H2,1-9H3. The van der Waals surface area contributed by atoms with E-state index in [4.69, 9.17) is 14.5 Å². The highest BCUT2D eigenvalue weighted by molar-refractivity contribution is 5.74. The predicted octanol–water partition coefficient (Wildman–Crippen LogP) is 4.33. The topological polar surface area (TPSA) is 51.4 Å². The molecular weight excluding hydrogens is 268 g/mol. The molecule has 0 aromatic heterocycles. The fourth-order valence-electron chi connectivity index (χ4n) is 3.14. The first-order chi connectivity index (χ1) is 9.24. The van der Waals surface area contributed by atoms with E-state index in [2.05, 4.69) is 27.7 Å². The number of carbonyl (C=O) groups excluding carboxylic acids is 1. The molecule has 0 spiro atoms. The number of rotatable bonds is 5. The highest BCUT2D eigenvalue weighted by Crippen LogP contribution is 2.46. The molecule has 2 unspecified atom stereocenters. The van der Waals surface area contributed by atoms with Gasteiger partial charge in [-0.2, -0.15) is 9.78 Å². The van der Waals surface area contributed by atoms with E-state index in [0.29, 0.717) is 0 Å². The van der Waals surface area contributed by atoms with Gasteiger partial charge in [0.25, 0.3) is 0 Å². The number of hydrogen-bond donors (Lipinski definition) is 0. The van der Waals surface area contributed by atoms with E-state index in [-0.39, 0.29) is 29.5 Å². The van der Waals surface area contributed by atoms with Crippen molar-refractivity contribution in [2.75, 3.05) is 0 Å². The predicted molar refractivity (Wildman–Crippen MR) is 82.3 cm³/mol. The lowest BCUT2D eigenvalue weighted by molar-refractivity contribution is -0.168. The van der Waals surface area contributed by atoms with Crippen molar-refractivity contribution in [3.8, 4) is 0 Å². The molecule has 1 saturated heterocycles. The van der Waals surface area contributed by atoms with Crippen molar-refractivity contribution >= 4 is 5.97 Å². The second-order valence-corrected chi connectivity index (χ2v) is 9.10. The lowest BCUT2D eigenvalue weighted by Crippen LogP contribution is -2.43. The minimum absolute atomic E-state index is 0.154. The molecule has 0 aromatic rings. The van der Waals surface area contributed by atoms with Gasteiger partial charge in [-0.25, -0.2) is 0 Å². The second kappa shape index (κ2) is 5.88. The van der Waals surface area contributed by atoms with Crippen molar-refractivity contribution in [1.82, 2.24) is 0 Å². The van der Waals surface area contributed by atoms with Gasteiger partial charge in [-0.3, -0.25) is 4.79 Å². The molecule has 1 fully saturated rings. The molecule has 0 aromatic carbocycles. The van der Waals surface area contributed by atoms with Gasteiger partial charge in [-0.1, -0.05) is 41.5 Å². The minimum atomic E-state index is -0.488. The first-order valence-electron chi connectivity index (χ1n) is 7.79. The van der Waals surface area contributed by atoms with E-state index >= 15 is 0 Å². The van der Waals surface area contributed by atoms with Gasteiger partial charge in [-0.05, 0) is 38.5 Å². The molecule has 1 rings (SSSR count). The van der Waals surface area contributed by atoms with Crippen molar-refractivity contribution in [2.45, 2.75) is 80.6 Å². The van der Waals surface area contributed by atoms with E-state index in [9.17, 15) is 4.79 Å². The molecule has 0 aliphatic carbocycles. The van der Waals surface area contributed by atoms with Gasteiger partial charge in [0.15, 0.2) is 0 Å². The van der Waals surface area contributed by atoms with Crippen LogP contribution < -0.4 is 0 Å². The zero-order chi connectivity index (χ0) is 16.6. The van der Waals surface area contributed by atoms with Crippen LogP contribution in [0.4, 0.5) is 0 Å². The van der Waals surface area contributed by atoms with Crippen molar-refractivity contribution in [1.29, 1.82) is 0 Å². The Morgan fingerprint density at radius 1 is 1.05 bits per heavy atom. The highest BCUT2D eigenvalue weighted by Gasteiger charge is 2.53. The zero-order valence-electron chi connectivity index (χ0n) is 15.1. The molecule has 21 heavy (non-hydrogen) atoms. The SMILES string of the molecule is CC(CC(C)(C)C)C(C(=O)OC(C)(C)C)C(C)(C)C1OO1. The average molecular weight is 300 g/mol. The normalized spacial score (nSPS) is 20.0. The molecule has 4 heteroatoms. The average Bonchev–Trinajstić information content (AvgIpc) is 2.91. The van der Waals surface area contributed by atoms with Crippen molar-refractivity contribution in [3.05, 3.63) is 0 Å². The van der Waals surface area contributed by atoms with Gasteiger partial charge in [0.05, 0.1) is 5.92 Å². The molecule has 0 N–H and O–H groups in total. The molecular formula is C17H32O4. The number of carbonyl (C=O) groups is 1. The molecule has 0 saturated carbocycles. The van der Waals surface area contributed by atoms with Gasteiger partial charge in [-0.15, -0.1) is 0 Å². The summed E-state index contributed by atoms with van der Waals surface area (Å²) in [6, 6.07) is 0. The summed E-state index contributed by atoms with van der Waals surface area (Å²) in [5, 5.41) is 0. The minimum Gasteiger partial charge on any atom is -0.460 e. The van der Waals surface area contributed by atoms with Crippen molar-refractivity contribution in [3.63, 3.8) is 0 Å². The van der Waals surface area contributed by atoms with Crippen LogP contribution >= 0.6 is 0 Å². The molecule has 4 nitrogen and oxygen atoms in total. The van der Waals surface area contributed by atoms with Gasteiger partial charge in [0, 0.05) is 5.41 Å². The smallest absolute Gasteiger partial charge is 0.310 e. The Bertz CT molecular complexity index is 369.